The van der Waals surface area contributed by atoms with Gasteiger partial charge >= 0.3 is 6.09 Å². The van der Waals surface area contributed by atoms with Crippen molar-refractivity contribution in [2.75, 3.05) is 13.1 Å². The minimum atomic E-state index is -0.998. The van der Waals surface area contributed by atoms with E-state index in [9.17, 15) is 9.59 Å². The van der Waals surface area contributed by atoms with Crippen LogP contribution in [0.15, 0.2) is 18.3 Å². The molecule has 1 aliphatic carbocycles. The topological polar surface area (TPSA) is 82.5 Å². The second kappa shape index (κ2) is 4.82. The van der Waals surface area contributed by atoms with Gasteiger partial charge in [0.05, 0.1) is 20.1 Å². The van der Waals surface area contributed by atoms with Crippen LogP contribution in [0.5, 0.6) is 0 Å². The second-order valence-electron chi connectivity index (χ2n) is 5.63. The van der Waals surface area contributed by atoms with Gasteiger partial charge in [-0.1, -0.05) is 11.6 Å². The lowest BCUT2D eigenvalue weighted by Gasteiger charge is -2.18. The number of thiophene rings is 1. The fourth-order valence-electron chi connectivity index (χ4n) is 3.22. The molecule has 6 nitrogen and oxygen atoms in total. The zero-order chi connectivity index (χ0) is 15.4. The average Bonchev–Trinajstić information content (AvgIpc) is 2.88. The monoisotopic (exact) mass is 337 g/mol. The van der Waals surface area contributed by atoms with Crippen molar-refractivity contribution in [2.24, 2.45) is 11.8 Å². The van der Waals surface area contributed by atoms with Gasteiger partial charge in [0, 0.05) is 37.2 Å². The van der Waals surface area contributed by atoms with Crippen molar-refractivity contribution in [1.29, 1.82) is 0 Å². The average molecular weight is 338 g/mol. The quantitative estimate of drug-likeness (QED) is 0.880. The highest BCUT2D eigenvalue weighted by atomic mass is 35.5. The summed E-state index contributed by atoms with van der Waals surface area (Å²) >= 11 is 7.47. The fraction of sp³-hybridized carbons (Fsp3) is 0.357. The zero-order valence-corrected chi connectivity index (χ0v) is 12.9. The maximum absolute atomic E-state index is 12.6. The molecule has 1 saturated carbocycles. The molecule has 2 atom stereocenters. The molecule has 0 bridgehead atoms. The highest BCUT2D eigenvalue weighted by Crippen LogP contribution is 2.46. The highest BCUT2D eigenvalue weighted by molar-refractivity contribution is 7.21. The van der Waals surface area contributed by atoms with E-state index in [-0.39, 0.29) is 23.8 Å². The molecule has 3 heterocycles. The SMILES string of the molecule is O=C(O)NC1C2CN(C(=O)c3cc4nccc(Cl)c4s3)CC21. The molecule has 2 amide bonds. The molecule has 2 unspecified atom stereocenters. The molecule has 22 heavy (non-hydrogen) atoms. The molecule has 1 saturated heterocycles. The van der Waals surface area contributed by atoms with Crippen LogP contribution < -0.4 is 5.32 Å². The minimum Gasteiger partial charge on any atom is -0.465 e. The molecule has 4 rings (SSSR count). The number of piperidine rings is 1. The molecule has 8 heteroatoms. The second-order valence-corrected chi connectivity index (χ2v) is 7.09. The summed E-state index contributed by atoms with van der Waals surface area (Å²) in [6.07, 6.45) is 0.626. The Bertz CT molecular complexity index is 781. The van der Waals surface area contributed by atoms with E-state index in [1.165, 1.54) is 11.3 Å². The van der Waals surface area contributed by atoms with Crippen LogP contribution in [0.25, 0.3) is 10.2 Å². The van der Waals surface area contributed by atoms with Crippen molar-refractivity contribution in [3.8, 4) is 0 Å². The van der Waals surface area contributed by atoms with Gasteiger partial charge in [0.2, 0.25) is 0 Å². The highest BCUT2D eigenvalue weighted by Gasteiger charge is 2.57. The number of hydrogen-bond donors (Lipinski definition) is 2. The smallest absolute Gasteiger partial charge is 0.404 e. The Hall–Kier alpha value is -1.86. The van der Waals surface area contributed by atoms with Crippen molar-refractivity contribution in [2.45, 2.75) is 6.04 Å². The first-order chi connectivity index (χ1) is 10.5. The maximum Gasteiger partial charge on any atom is 0.404 e. The molecule has 1 aliphatic heterocycles. The van der Waals surface area contributed by atoms with E-state index in [1.807, 2.05) is 0 Å². The summed E-state index contributed by atoms with van der Waals surface area (Å²) in [5.41, 5.74) is 0.732. The van der Waals surface area contributed by atoms with Crippen LogP contribution in [0.1, 0.15) is 9.67 Å². The molecule has 0 spiro atoms. The molecule has 114 valence electrons. The Kier molecular flexibility index (Phi) is 3.02. The Morgan fingerprint density at radius 3 is 2.77 bits per heavy atom. The number of carboxylic acid groups (broad SMARTS) is 1. The molecule has 2 aromatic rings. The molecule has 0 radical (unpaired) electrons. The van der Waals surface area contributed by atoms with Crippen molar-refractivity contribution < 1.29 is 14.7 Å². The number of aromatic nitrogens is 1. The predicted octanol–water partition coefficient (Wildman–Crippen LogP) is 2.29. The van der Waals surface area contributed by atoms with Crippen LogP contribution in [-0.4, -0.2) is 46.1 Å². The van der Waals surface area contributed by atoms with Crippen molar-refractivity contribution in [3.05, 3.63) is 28.2 Å². The van der Waals surface area contributed by atoms with Gasteiger partial charge in [-0.2, -0.15) is 0 Å². The number of hydrogen-bond acceptors (Lipinski definition) is 4. The zero-order valence-electron chi connectivity index (χ0n) is 11.3. The molecule has 2 aromatic heterocycles. The lowest BCUT2D eigenvalue weighted by molar-refractivity contribution is 0.0776. The third-order valence-corrected chi connectivity index (χ3v) is 5.92. The van der Waals surface area contributed by atoms with Crippen molar-refractivity contribution in [1.82, 2.24) is 15.2 Å². The summed E-state index contributed by atoms with van der Waals surface area (Å²) in [5, 5.41) is 11.8. The van der Waals surface area contributed by atoms with Gasteiger partial charge in [-0.25, -0.2) is 4.79 Å². The van der Waals surface area contributed by atoms with Crippen molar-refractivity contribution in [3.63, 3.8) is 0 Å². The molecule has 2 fully saturated rings. The Balaban J connectivity index is 1.49. The predicted molar refractivity (Wildman–Crippen MR) is 82.5 cm³/mol. The number of carbonyl (C=O) groups excluding carboxylic acids is 1. The van der Waals surface area contributed by atoms with Crippen LogP contribution in [0, 0.1) is 11.8 Å². The van der Waals surface area contributed by atoms with Gasteiger partial charge in [0.25, 0.3) is 5.91 Å². The third kappa shape index (κ3) is 2.12. The normalized spacial score (nSPS) is 26.0. The number of halogens is 1. The van der Waals surface area contributed by atoms with Gasteiger partial charge in [-0.05, 0) is 12.1 Å². The van der Waals surface area contributed by atoms with Crippen LogP contribution >= 0.6 is 22.9 Å². The largest absolute Gasteiger partial charge is 0.465 e. The summed E-state index contributed by atoms with van der Waals surface area (Å²) in [7, 11) is 0. The summed E-state index contributed by atoms with van der Waals surface area (Å²) in [6.45, 7) is 1.20. The van der Waals surface area contributed by atoms with Gasteiger partial charge in [-0.15, -0.1) is 11.3 Å². The van der Waals surface area contributed by atoms with Gasteiger partial charge in [0.1, 0.15) is 0 Å². The standard InChI is InChI=1S/C14H12ClN3O3S/c15-8-1-2-16-9-3-10(22-12(8)9)13(19)18-4-6-7(5-18)11(6)17-14(20)21/h1-3,6-7,11,17H,4-5H2,(H,20,21). The van der Waals surface area contributed by atoms with Crippen LogP contribution in [0.4, 0.5) is 4.79 Å². The number of carbonyl (C=O) groups is 2. The lowest BCUT2D eigenvalue weighted by atomic mass is 10.3. The lowest BCUT2D eigenvalue weighted by Crippen LogP contribution is -2.36. The Morgan fingerprint density at radius 2 is 2.14 bits per heavy atom. The number of pyridine rings is 1. The fourth-order valence-corrected chi connectivity index (χ4v) is 4.47. The first kappa shape index (κ1) is 13.8. The van der Waals surface area contributed by atoms with E-state index in [1.54, 1.807) is 23.2 Å². The van der Waals surface area contributed by atoms with E-state index < -0.39 is 6.09 Å². The maximum atomic E-state index is 12.6. The number of fused-ring (bicyclic) bond motifs is 2. The third-order valence-electron chi connectivity index (χ3n) is 4.35. The number of amides is 2. The molecular weight excluding hydrogens is 326 g/mol. The minimum absolute atomic E-state index is 0.0000639. The number of nitrogens with one attached hydrogen (secondary N) is 1. The van der Waals surface area contributed by atoms with Crippen LogP contribution in [0.3, 0.4) is 0 Å². The van der Waals surface area contributed by atoms with E-state index >= 15 is 0 Å². The Morgan fingerprint density at radius 1 is 1.41 bits per heavy atom. The summed E-state index contributed by atoms with van der Waals surface area (Å²) in [5.74, 6) is 0.465. The van der Waals surface area contributed by atoms with Gasteiger partial charge in [-0.3, -0.25) is 9.78 Å². The number of likely N-dealkylation sites (tertiary alicyclic amines) is 1. The Labute approximate surface area is 134 Å². The first-order valence-electron chi connectivity index (χ1n) is 6.87. The molecular formula is C14H12ClN3O3S. The summed E-state index contributed by atoms with van der Waals surface area (Å²) < 4.78 is 0.822. The number of nitrogens with zero attached hydrogens (tertiary/aromatic N) is 2. The van der Waals surface area contributed by atoms with Crippen LogP contribution in [-0.2, 0) is 0 Å². The van der Waals surface area contributed by atoms with Crippen molar-refractivity contribution >= 4 is 45.2 Å². The van der Waals surface area contributed by atoms with E-state index in [4.69, 9.17) is 16.7 Å². The molecule has 0 aromatic carbocycles. The van der Waals surface area contributed by atoms with E-state index in [0.717, 1.165) is 10.2 Å². The van der Waals surface area contributed by atoms with E-state index in [0.29, 0.717) is 23.0 Å². The van der Waals surface area contributed by atoms with E-state index in [2.05, 4.69) is 10.3 Å². The molecule has 2 N–H and O–H groups in total. The van der Waals surface area contributed by atoms with Crippen LogP contribution in [0.2, 0.25) is 5.02 Å². The summed E-state index contributed by atoms with van der Waals surface area (Å²) in [6, 6.07) is 3.48. The van der Waals surface area contributed by atoms with Gasteiger partial charge < -0.3 is 15.3 Å². The number of rotatable bonds is 2. The molecule has 2 aliphatic rings. The van der Waals surface area contributed by atoms with Gasteiger partial charge in [0.15, 0.2) is 0 Å². The summed E-state index contributed by atoms with van der Waals surface area (Å²) in [4.78, 5) is 29.8. The first-order valence-corrected chi connectivity index (χ1v) is 8.07.